The summed E-state index contributed by atoms with van der Waals surface area (Å²) in [6.07, 6.45) is 3.89. The Kier molecular flexibility index (Phi) is 5.75. The van der Waals surface area contributed by atoms with E-state index in [0.29, 0.717) is 12.0 Å². The van der Waals surface area contributed by atoms with Gasteiger partial charge in [-0.1, -0.05) is 51.8 Å². The number of benzene rings is 2. The van der Waals surface area contributed by atoms with Crippen molar-refractivity contribution in [3.05, 3.63) is 75.8 Å². The molecule has 0 radical (unpaired) electrons. The molecular formula is C20H20BrNO3S. The molecule has 26 heavy (non-hydrogen) atoms. The number of allylic oxidation sites excluding steroid dienone is 1. The second-order valence-corrected chi connectivity index (χ2v) is 9.02. The summed E-state index contributed by atoms with van der Waals surface area (Å²) in [5.41, 5.74) is 2.25. The minimum Gasteiger partial charge on any atom is -0.294 e. The highest BCUT2D eigenvalue weighted by Gasteiger charge is 2.29. The van der Waals surface area contributed by atoms with Crippen LogP contribution >= 0.6 is 15.9 Å². The molecule has 0 amide bonds. The van der Waals surface area contributed by atoms with Gasteiger partial charge >= 0.3 is 0 Å². The van der Waals surface area contributed by atoms with Crippen LogP contribution in [0.5, 0.6) is 0 Å². The Morgan fingerprint density at radius 3 is 2.31 bits per heavy atom. The Hall–Kier alpha value is -1.76. The van der Waals surface area contributed by atoms with E-state index in [9.17, 15) is 13.2 Å². The summed E-state index contributed by atoms with van der Waals surface area (Å²) in [5, 5.41) is 0. The van der Waals surface area contributed by atoms with Crippen LogP contribution in [0.25, 0.3) is 0 Å². The lowest BCUT2D eigenvalue weighted by atomic mass is 9.89. The maximum atomic E-state index is 12.9. The van der Waals surface area contributed by atoms with Crippen molar-refractivity contribution < 1.29 is 13.2 Å². The summed E-state index contributed by atoms with van der Waals surface area (Å²) >= 11 is 3.39. The van der Waals surface area contributed by atoms with E-state index in [4.69, 9.17) is 0 Å². The summed E-state index contributed by atoms with van der Waals surface area (Å²) in [7, 11) is -3.76. The predicted octanol–water partition coefficient (Wildman–Crippen LogP) is 4.46. The molecule has 0 fully saturated rings. The lowest BCUT2D eigenvalue weighted by Crippen LogP contribution is -2.32. The largest absolute Gasteiger partial charge is 0.294 e. The highest BCUT2D eigenvalue weighted by Crippen LogP contribution is 2.30. The predicted molar refractivity (Wildman–Crippen MR) is 105 cm³/mol. The zero-order chi connectivity index (χ0) is 18.7. The molecule has 0 saturated carbocycles. The van der Waals surface area contributed by atoms with Gasteiger partial charge in [0.25, 0.3) is 0 Å². The zero-order valence-corrected chi connectivity index (χ0v) is 16.8. The molecule has 1 atom stereocenters. The number of aryl methyl sites for hydroxylation is 1. The summed E-state index contributed by atoms with van der Waals surface area (Å²) in [6, 6.07) is 13.3. The van der Waals surface area contributed by atoms with Crippen molar-refractivity contribution in [2.75, 3.05) is 0 Å². The smallest absolute Gasteiger partial charge is 0.241 e. The Bertz CT molecular complexity index is 932. The van der Waals surface area contributed by atoms with Crippen LogP contribution in [0.1, 0.15) is 36.4 Å². The number of halogens is 1. The van der Waals surface area contributed by atoms with E-state index < -0.39 is 16.1 Å². The molecule has 1 aliphatic rings. The third kappa shape index (κ3) is 4.31. The highest BCUT2D eigenvalue weighted by atomic mass is 79.9. The van der Waals surface area contributed by atoms with Crippen LogP contribution in [0.15, 0.2) is 69.5 Å². The Morgan fingerprint density at radius 2 is 1.69 bits per heavy atom. The maximum Gasteiger partial charge on any atom is 0.241 e. The topological polar surface area (TPSA) is 63.2 Å². The number of hydrogen-bond donors (Lipinski definition) is 1. The number of carbonyl (C=O) groups excluding carboxylic acids is 1. The van der Waals surface area contributed by atoms with E-state index in [1.54, 1.807) is 24.3 Å². The van der Waals surface area contributed by atoms with Gasteiger partial charge in [0.2, 0.25) is 10.0 Å². The zero-order valence-electron chi connectivity index (χ0n) is 14.4. The van der Waals surface area contributed by atoms with Gasteiger partial charge in [0.1, 0.15) is 0 Å². The standard InChI is InChI=1S/C20H20BrNO3S/c1-14-6-12-17(13-7-14)26(24,25)22-20(15-8-10-16(21)11-9-15)18-4-2-3-5-19(18)23/h4,6-13,20,22H,2-3,5H2,1H3. The lowest BCUT2D eigenvalue weighted by molar-refractivity contribution is -0.116. The van der Waals surface area contributed by atoms with E-state index >= 15 is 0 Å². The van der Waals surface area contributed by atoms with E-state index in [1.165, 1.54) is 0 Å². The van der Waals surface area contributed by atoms with Crippen LogP contribution in [0.2, 0.25) is 0 Å². The molecule has 1 unspecified atom stereocenters. The van der Waals surface area contributed by atoms with E-state index in [2.05, 4.69) is 20.7 Å². The minimum absolute atomic E-state index is 0.00391. The fourth-order valence-electron chi connectivity index (χ4n) is 2.96. The molecule has 0 spiro atoms. The number of ketones is 1. The molecule has 1 N–H and O–H groups in total. The average molecular weight is 434 g/mol. The summed E-state index contributed by atoms with van der Waals surface area (Å²) < 4.78 is 29.4. The molecule has 4 nitrogen and oxygen atoms in total. The van der Waals surface area contributed by atoms with Crippen LogP contribution < -0.4 is 4.72 Å². The van der Waals surface area contributed by atoms with Crippen LogP contribution in [-0.2, 0) is 14.8 Å². The quantitative estimate of drug-likeness (QED) is 0.756. The third-order valence-corrected chi connectivity index (χ3v) is 6.38. The maximum absolute atomic E-state index is 12.9. The van der Waals surface area contributed by atoms with Crippen LogP contribution in [0, 0.1) is 6.92 Å². The van der Waals surface area contributed by atoms with Gasteiger partial charge in [0.15, 0.2) is 5.78 Å². The van der Waals surface area contributed by atoms with Gasteiger partial charge in [0, 0.05) is 16.5 Å². The molecule has 2 aromatic rings. The lowest BCUT2D eigenvalue weighted by Gasteiger charge is -2.24. The van der Waals surface area contributed by atoms with Crippen molar-refractivity contribution in [1.82, 2.24) is 4.72 Å². The summed E-state index contributed by atoms with van der Waals surface area (Å²) in [6.45, 7) is 1.90. The number of hydrogen-bond acceptors (Lipinski definition) is 3. The molecule has 0 bridgehead atoms. The third-order valence-electron chi connectivity index (χ3n) is 4.41. The monoisotopic (exact) mass is 433 g/mol. The summed E-state index contributed by atoms with van der Waals surface area (Å²) in [5.74, 6) is -0.00391. The first-order valence-electron chi connectivity index (χ1n) is 8.44. The molecule has 0 aromatic heterocycles. The van der Waals surface area contributed by atoms with Gasteiger partial charge in [-0.2, -0.15) is 4.72 Å². The number of rotatable bonds is 5. The number of sulfonamides is 1. The van der Waals surface area contributed by atoms with Gasteiger partial charge < -0.3 is 0 Å². The first-order valence-corrected chi connectivity index (χ1v) is 10.7. The van der Waals surface area contributed by atoms with Crippen molar-refractivity contribution in [1.29, 1.82) is 0 Å². The van der Waals surface area contributed by atoms with Gasteiger partial charge in [-0.25, -0.2) is 8.42 Å². The number of carbonyl (C=O) groups is 1. The fourth-order valence-corrected chi connectivity index (χ4v) is 4.43. The first-order chi connectivity index (χ1) is 12.4. The SMILES string of the molecule is Cc1ccc(S(=O)(=O)NC(C2=CCCCC2=O)c2ccc(Br)cc2)cc1. The van der Waals surface area contributed by atoms with Crippen LogP contribution in [-0.4, -0.2) is 14.2 Å². The second kappa shape index (κ2) is 7.86. The van der Waals surface area contributed by atoms with Gasteiger partial charge in [-0.15, -0.1) is 0 Å². The van der Waals surface area contributed by atoms with Crippen LogP contribution in [0.4, 0.5) is 0 Å². The van der Waals surface area contributed by atoms with Gasteiger partial charge in [-0.05, 0) is 49.6 Å². The highest BCUT2D eigenvalue weighted by molar-refractivity contribution is 9.10. The molecule has 0 aliphatic heterocycles. The molecule has 3 rings (SSSR count). The molecule has 0 heterocycles. The Labute approximate surface area is 162 Å². The molecule has 0 saturated heterocycles. The molecule has 2 aromatic carbocycles. The van der Waals surface area contributed by atoms with E-state index in [-0.39, 0.29) is 10.7 Å². The average Bonchev–Trinajstić information content (AvgIpc) is 2.62. The van der Waals surface area contributed by atoms with E-state index in [0.717, 1.165) is 28.4 Å². The van der Waals surface area contributed by atoms with Gasteiger partial charge in [-0.3, -0.25) is 4.79 Å². The molecule has 1 aliphatic carbocycles. The van der Waals surface area contributed by atoms with Crippen molar-refractivity contribution in [3.8, 4) is 0 Å². The van der Waals surface area contributed by atoms with Crippen molar-refractivity contribution in [2.45, 2.75) is 37.1 Å². The molecular weight excluding hydrogens is 414 g/mol. The summed E-state index contributed by atoms with van der Waals surface area (Å²) in [4.78, 5) is 12.6. The molecule has 136 valence electrons. The molecule has 6 heteroatoms. The minimum atomic E-state index is -3.76. The van der Waals surface area contributed by atoms with Crippen LogP contribution in [0.3, 0.4) is 0 Å². The fraction of sp³-hybridized carbons (Fsp3) is 0.250. The number of Topliss-reactive ketones (excluding diaryl/α,β-unsaturated/α-hetero) is 1. The van der Waals surface area contributed by atoms with Crippen molar-refractivity contribution in [3.63, 3.8) is 0 Å². The normalized spacial score (nSPS) is 16.2. The van der Waals surface area contributed by atoms with Crippen molar-refractivity contribution >= 4 is 31.7 Å². The first kappa shape index (κ1) is 19.0. The Balaban J connectivity index is 2.00. The van der Waals surface area contributed by atoms with Gasteiger partial charge in [0.05, 0.1) is 10.9 Å². The second-order valence-electron chi connectivity index (χ2n) is 6.39. The Morgan fingerprint density at radius 1 is 1.04 bits per heavy atom. The van der Waals surface area contributed by atoms with Crippen molar-refractivity contribution in [2.24, 2.45) is 0 Å². The number of nitrogens with one attached hydrogen (secondary N) is 1. The van der Waals surface area contributed by atoms with E-state index in [1.807, 2.05) is 37.3 Å².